The average molecular weight is 250 g/mol. The molecule has 0 heterocycles. The maximum absolute atomic E-state index is 4.09. The van der Waals surface area contributed by atoms with Crippen molar-refractivity contribution >= 4 is 0 Å². The molecule has 0 unspecified atom stereocenters. The first-order valence-electron chi connectivity index (χ1n) is 6.54. The summed E-state index contributed by atoms with van der Waals surface area (Å²) in [5.74, 6) is 0. The van der Waals surface area contributed by atoms with Crippen LogP contribution in [0.5, 0.6) is 0 Å². The molecule has 1 aromatic carbocycles. The molecule has 1 aromatic rings. The standard InChI is InChI=1S/C19H22/c1-5-7-13-18(6-2)16(3)12-10-15-19-14-9-8-11-17(19)4/h5-14H,1,3,15H2,2,4H3/b12-10-,13-7-,18-6+. The Morgan fingerprint density at radius 3 is 2.58 bits per heavy atom. The number of aryl methyl sites for hydroxylation is 1. The van der Waals surface area contributed by atoms with Gasteiger partial charge in [-0.25, -0.2) is 0 Å². The van der Waals surface area contributed by atoms with Crippen LogP contribution in [0.25, 0.3) is 0 Å². The molecule has 0 aliphatic heterocycles. The van der Waals surface area contributed by atoms with E-state index >= 15 is 0 Å². The van der Waals surface area contributed by atoms with Gasteiger partial charge >= 0.3 is 0 Å². The van der Waals surface area contributed by atoms with Crippen molar-refractivity contribution in [3.05, 3.63) is 96.2 Å². The van der Waals surface area contributed by atoms with Crippen LogP contribution in [-0.2, 0) is 6.42 Å². The van der Waals surface area contributed by atoms with Gasteiger partial charge in [-0.05, 0) is 42.5 Å². The highest BCUT2D eigenvalue weighted by atomic mass is 14.0. The summed E-state index contributed by atoms with van der Waals surface area (Å²) in [7, 11) is 0. The van der Waals surface area contributed by atoms with E-state index in [9.17, 15) is 0 Å². The zero-order chi connectivity index (χ0) is 14.1. The van der Waals surface area contributed by atoms with E-state index in [2.05, 4.69) is 62.6 Å². The van der Waals surface area contributed by atoms with Crippen LogP contribution in [0.15, 0.2) is 85.0 Å². The van der Waals surface area contributed by atoms with Crippen LogP contribution in [0.2, 0.25) is 0 Å². The highest BCUT2D eigenvalue weighted by Crippen LogP contribution is 2.13. The Morgan fingerprint density at radius 2 is 1.95 bits per heavy atom. The molecule has 0 fully saturated rings. The predicted molar refractivity (Wildman–Crippen MR) is 86.3 cm³/mol. The van der Waals surface area contributed by atoms with Gasteiger partial charge in [-0.1, -0.05) is 73.9 Å². The number of rotatable bonds is 6. The van der Waals surface area contributed by atoms with Gasteiger partial charge in [0.15, 0.2) is 0 Å². The molecular formula is C19H22. The second kappa shape index (κ2) is 8.10. The zero-order valence-electron chi connectivity index (χ0n) is 11.9. The quantitative estimate of drug-likeness (QED) is 0.598. The number of hydrogen-bond acceptors (Lipinski definition) is 0. The van der Waals surface area contributed by atoms with Crippen molar-refractivity contribution in [3.63, 3.8) is 0 Å². The number of benzene rings is 1. The van der Waals surface area contributed by atoms with Gasteiger partial charge in [-0.3, -0.25) is 0 Å². The predicted octanol–water partition coefficient (Wildman–Crippen LogP) is 5.34. The van der Waals surface area contributed by atoms with E-state index in [1.807, 2.05) is 19.1 Å². The molecule has 0 aliphatic carbocycles. The Morgan fingerprint density at radius 1 is 1.21 bits per heavy atom. The first kappa shape index (κ1) is 15.0. The van der Waals surface area contributed by atoms with Crippen LogP contribution >= 0.6 is 0 Å². The smallest absolute Gasteiger partial charge is 0.00915 e. The molecule has 0 nitrogen and oxygen atoms in total. The highest BCUT2D eigenvalue weighted by molar-refractivity contribution is 5.45. The molecule has 1 rings (SSSR count). The Balaban J connectivity index is 2.67. The Bertz CT molecular complexity index is 525. The minimum atomic E-state index is 0.938. The first-order valence-corrected chi connectivity index (χ1v) is 6.54. The van der Waals surface area contributed by atoms with Crippen molar-refractivity contribution in [1.29, 1.82) is 0 Å². The van der Waals surface area contributed by atoms with Gasteiger partial charge in [0.05, 0.1) is 0 Å². The van der Waals surface area contributed by atoms with E-state index in [0.717, 1.165) is 17.6 Å². The van der Waals surface area contributed by atoms with Crippen LogP contribution in [0.3, 0.4) is 0 Å². The van der Waals surface area contributed by atoms with Crippen molar-refractivity contribution < 1.29 is 0 Å². The average Bonchev–Trinajstić information content (AvgIpc) is 2.42. The lowest BCUT2D eigenvalue weighted by Gasteiger charge is -2.03. The normalized spacial score (nSPS) is 12.2. The lowest BCUT2D eigenvalue weighted by atomic mass is 10.0. The molecule has 0 radical (unpaired) electrons. The summed E-state index contributed by atoms with van der Waals surface area (Å²) in [4.78, 5) is 0. The van der Waals surface area contributed by atoms with E-state index < -0.39 is 0 Å². The maximum Gasteiger partial charge on any atom is -0.00915 e. The Hall–Kier alpha value is -2.08. The zero-order valence-corrected chi connectivity index (χ0v) is 11.9. The van der Waals surface area contributed by atoms with Gasteiger partial charge in [-0.2, -0.15) is 0 Å². The second-order valence-electron chi connectivity index (χ2n) is 4.40. The van der Waals surface area contributed by atoms with E-state index in [4.69, 9.17) is 0 Å². The fraction of sp³-hybridized carbons (Fsp3) is 0.158. The maximum atomic E-state index is 4.09. The van der Waals surface area contributed by atoms with Gasteiger partial charge < -0.3 is 0 Å². The molecule has 0 aliphatic rings. The third kappa shape index (κ3) is 4.97. The van der Waals surface area contributed by atoms with Crippen LogP contribution in [-0.4, -0.2) is 0 Å². The van der Waals surface area contributed by atoms with Crippen molar-refractivity contribution in [2.45, 2.75) is 20.3 Å². The Kier molecular flexibility index (Phi) is 6.38. The molecular weight excluding hydrogens is 228 g/mol. The fourth-order valence-corrected chi connectivity index (χ4v) is 1.82. The Labute approximate surface area is 117 Å². The summed E-state index contributed by atoms with van der Waals surface area (Å²) >= 11 is 0. The SMILES string of the molecule is C=C/C=C\C(=C/C)C(=C)/C=C\Cc1ccccc1C. The molecule has 0 spiro atoms. The van der Waals surface area contributed by atoms with Crippen LogP contribution < -0.4 is 0 Å². The summed E-state index contributed by atoms with van der Waals surface area (Å²) in [5, 5.41) is 0. The van der Waals surface area contributed by atoms with Gasteiger partial charge in [0.2, 0.25) is 0 Å². The van der Waals surface area contributed by atoms with Crippen LogP contribution in [0, 0.1) is 6.92 Å². The third-order valence-electron chi connectivity index (χ3n) is 3.01. The van der Waals surface area contributed by atoms with Crippen LogP contribution in [0.4, 0.5) is 0 Å². The summed E-state index contributed by atoms with van der Waals surface area (Å²) in [6, 6.07) is 8.45. The molecule has 0 amide bonds. The lowest BCUT2D eigenvalue weighted by Crippen LogP contribution is -1.86. The summed E-state index contributed by atoms with van der Waals surface area (Å²) in [6.07, 6.45) is 13.0. The molecule has 0 N–H and O–H groups in total. The van der Waals surface area contributed by atoms with Gasteiger partial charge in [0.1, 0.15) is 0 Å². The monoisotopic (exact) mass is 250 g/mol. The molecule has 0 saturated carbocycles. The molecule has 98 valence electrons. The number of allylic oxidation sites excluding steroid dienone is 8. The van der Waals surface area contributed by atoms with E-state index in [0.29, 0.717) is 0 Å². The molecule has 19 heavy (non-hydrogen) atoms. The fourth-order valence-electron chi connectivity index (χ4n) is 1.82. The lowest BCUT2D eigenvalue weighted by molar-refractivity contribution is 1.21. The summed E-state index contributed by atoms with van der Waals surface area (Å²) in [5.41, 5.74) is 4.83. The van der Waals surface area contributed by atoms with Crippen molar-refractivity contribution in [2.75, 3.05) is 0 Å². The van der Waals surface area contributed by atoms with Gasteiger partial charge in [0.25, 0.3) is 0 Å². The molecule has 0 bridgehead atoms. The molecule has 0 saturated heterocycles. The highest BCUT2D eigenvalue weighted by Gasteiger charge is 1.95. The topological polar surface area (TPSA) is 0 Å². The van der Waals surface area contributed by atoms with E-state index in [-0.39, 0.29) is 0 Å². The second-order valence-corrected chi connectivity index (χ2v) is 4.40. The van der Waals surface area contributed by atoms with E-state index in [1.165, 1.54) is 11.1 Å². The van der Waals surface area contributed by atoms with Gasteiger partial charge in [-0.15, -0.1) is 0 Å². The summed E-state index contributed by atoms with van der Waals surface area (Å²) < 4.78 is 0. The minimum absolute atomic E-state index is 0.938. The molecule has 0 heteroatoms. The van der Waals surface area contributed by atoms with Crippen molar-refractivity contribution in [1.82, 2.24) is 0 Å². The van der Waals surface area contributed by atoms with Crippen LogP contribution in [0.1, 0.15) is 18.1 Å². The third-order valence-corrected chi connectivity index (χ3v) is 3.01. The summed E-state index contributed by atoms with van der Waals surface area (Å²) in [6.45, 7) is 11.9. The number of hydrogen-bond donors (Lipinski definition) is 0. The van der Waals surface area contributed by atoms with E-state index in [1.54, 1.807) is 6.08 Å². The first-order chi connectivity index (χ1) is 9.19. The van der Waals surface area contributed by atoms with Crippen molar-refractivity contribution in [3.8, 4) is 0 Å². The molecule has 0 atom stereocenters. The molecule has 0 aromatic heterocycles. The van der Waals surface area contributed by atoms with Crippen molar-refractivity contribution in [2.24, 2.45) is 0 Å². The largest absolute Gasteiger partial charge is 0.0991 e. The minimum Gasteiger partial charge on any atom is -0.0991 e. The van der Waals surface area contributed by atoms with Gasteiger partial charge in [0, 0.05) is 0 Å².